The lowest BCUT2D eigenvalue weighted by Crippen LogP contribution is -2.50. The second kappa shape index (κ2) is 6.62. The fraction of sp³-hybridized carbons (Fsp3) is 0.471. The van der Waals surface area contributed by atoms with Crippen molar-refractivity contribution < 1.29 is 29.0 Å². The summed E-state index contributed by atoms with van der Waals surface area (Å²) in [6, 6.07) is 3.31. The molecule has 2 heterocycles. The van der Waals surface area contributed by atoms with Crippen molar-refractivity contribution in [1.82, 2.24) is 9.80 Å². The van der Waals surface area contributed by atoms with E-state index >= 15 is 0 Å². The SMILES string of the molecule is CC(C(=O)O)N(C)C(=O)C1CCCN1C(=O)c1ccc2c(c1)OCO2. The van der Waals surface area contributed by atoms with Crippen LogP contribution < -0.4 is 9.47 Å². The molecule has 2 unspecified atom stereocenters. The predicted octanol–water partition coefficient (Wildman–Crippen LogP) is 0.951. The van der Waals surface area contributed by atoms with Gasteiger partial charge in [0.15, 0.2) is 11.5 Å². The van der Waals surface area contributed by atoms with Crippen LogP contribution >= 0.6 is 0 Å². The molecule has 1 saturated heterocycles. The smallest absolute Gasteiger partial charge is 0.326 e. The summed E-state index contributed by atoms with van der Waals surface area (Å²) in [4.78, 5) is 39.3. The number of amides is 2. The minimum absolute atomic E-state index is 0.121. The molecule has 8 nitrogen and oxygen atoms in total. The molecule has 1 fully saturated rings. The number of hydrogen-bond acceptors (Lipinski definition) is 5. The second-order valence-electron chi connectivity index (χ2n) is 6.19. The molecule has 2 aliphatic heterocycles. The first-order valence-electron chi connectivity index (χ1n) is 8.10. The van der Waals surface area contributed by atoms with Gasteiger partial charge < -0.3 is 24.4 Å². The second-order valence-corrected chi connectivity index (χ2v) is 6.19. The van der Waals surface area contributed by atoms with Crippen molar-refractivity contribution >= 4 is 17.8 Å². The minimum atomic E-state index is -1.08. The van der Waals surface area contributed by atoms with Crippen LogP contribution in [0.25, 0.3) is 0 Å². The summed E-state index contributed by atoms with van der Waals surface area (Å²) in [5.74, 6) is -0.625. The number of hydrogen-bond donors (Lipinski definition) is 1. The quantitative estimate of drug-likeness (QED) is 0.870. The monoisotopic (exact) mass is 348 g/mol. The lowest BCUT2D eigenvalue weighted by molar-refractivity contribution is -0.149. The molecule has 0 radical (unpaired) electrons. The van der Waals surface area contributed by atoms with Crippen LogP contribution in [0.3, 0.4) is 0 Å². The predicted molar refractivity (Wildman–Crippen MR) is 86.5 cm³/mol. The molecule has 0 bridgehead atoms. The highest BCUT2D eigenvalue weighted by molar-refractivity contribution is 5.99. The topological polar surface area (TPSA) is 96.4 Å². The Kier molecular flexibility index (Phi) is 4.52. The Labute approximate surface area is 144 Å². The van der Waals surface area contributed by atoms with Gasteiger partial charge in [-0.1, -0.05) is 0 Å². The minimum Gasteiger partial charge on any atom is -0.480 e. The van der Waals surface area contributed by atoms with Gasteiger partial charge in [-0.05, 0) is 38.0 Å². The third kappa shape index (κ3) is 3.11. The molecular weight excluding hydrogens is 328 g/mol. The van der Waals surface area contributed by atoms with Crippen LogP contribution in [-0.2, 0) is 9.59 Å². The summed E-state index contributed by atoms with van der Waals surface area (Å²) in [6.45, 7) is 2.02. The van der Waals surface area contributed by atoms with Crippen LogP contribution in [0.15, 0.2) is 18.2 Å². The summed E-state index contributed by atoms with van der Waals surface area (Å²) in [7, 11) is 1.45. The molecule has 2 aliphatic rings. The van der Waals surface area contributed by atoms with Crippen molar-refractivity contribution in [2.75, 3.05) is 20.4 Å². The lowest BCUT2D eigenvalue weighted by Gasteiger charge is -2.30. The Hall–Kier alpha value is -2.77. The zero-order valence-corrected chi connectivity index (χ0v) is 14.1. The molecule has 0 aliphatic carbocycles. The van der Waals surface area contributed by atoms with Gasteiger partial charge in [-0.3, -0.25) is 9.59 Å². The van der Waals surface area contributed by atoms with Gasteiger partial charge in [0.05, 0.1) is 0 Å². The number of carboxylic acids is 1. The molecule has 8 heteroatoms. The van der Waals surface area contributed by atoms with E-state index in [2.05, 4.69) is 0 Å². The summed E-state index contributed by atoms with van der Waals surface area (Å²) in [5.41, 5.74) is 0.415. The molecular formula is C17H20N2O6. The molecule has 1 aromatic carbocycles. The van der Waals surface area contributed by atoms with Gasteiger partial charge in [0.25, 0.3) is 5.91 Å². The van der Waals surface area contributed by atoms with Gasteiger partial charge in [-0.15, -0.1) is 0 Å². The number of likely N-dealkylation sites (N-methyl/N-ethyl adjacent to an activating group) is 1. The first-order chi connectivity index (χ1) is 11.9. The van der Waals surface area contributed by atoms with Crippen molar-refractivity contribution in [3.05, 3.63) is 23.8 Å². The molecule has 2 atom stereocenters. The number of carbonyl (C=O) groups is 3. The molecule has 0 spiro atoms. The molecule has 0 saturated carbocycles. The number of benzene rings is 1. The van der Waals surface area contributed by atoms with Gasteiger partial charge >= 0.3 is 5.97 Å². The average molecular weight is 348 g/mol. The van der Waals surface area contributed by atoms with E-state index in [1.54, 1.807) is 18.2 Å². The largest absolute Gasteiger partial charge is 0.480 e. The van der Waals surface area contributed by atoms with Gasteiger partial charge in [-0.2, -0.15) is 0 Å². The Morgan fingerprint density at radius 1 is 1.28 bits per heavy atom. The first-order valence-corrected chi connectivity index (χ1v) is 8.10. The van der Waals surface area contributed by atoms with Crippen LogP contribution in [0.4, 0.5) is 0 Å². The van der Waals surface area contributed by atoms with Crippen molar-refractivity contribution in [2.45, 2.75) is 31.8 Å². The average Bonchev–Trinajstić information content (AvgIpc) is 3.27. The van der Waals surface area contributed by atoms with E-state index in [-0.39, 0.29) is 18.6 Å². The molecule has 0 aromatic heterocycles. The Morgan fingerprint density at radius 3 is 2.72 bits per heavy atom. The Balaban J connectivity index is 1.78. The van der Waals surface area contributed by atoms with E-state index in [1.165, 1.54) is 23.8 Å². The van der Waals surface area contributed by atoms with Crippen LogP contribution in [0.1, 0.15) is 30.1 Å². The first kappa shape index (κ1) is 17.1. The summed E-state index contributed by atoms with van der Waals surface area (Å²) in [6.07, 6.45) is 1.22. The molecule has 3 rings (SSSR count). The number of likely N-dealkylation sites (tertiary alicyclic amines) is 1. The van der Waals surface area contributed by atoms with Crippen molar-refractivity contribution in [1.29, 1.82) is 0 Å². The third-order valence-corrected chi connectivity index (χ3v) is 4.70. The van der Waals surface area contributed by atoms with Crippen LogP contribution in [0, 0.1) is 0 Å². The molecule has 2 amide bonds. The van der Waals surface area contributed by atoms with E-state index in [9.17, 15) is 14.4 Å². The van der Waals surface area contributed by atoms with E-state index in [0.717, 1.165) is 0 Å². The van der Waals surface area contributed by atoms with E-state index in [1.807, 2.05) is 0 Å². The van der Waals surface area contributed by atoms with Crippen molar-refractivity contribution in [3.8, 4) is 11.5 Å². The third-order valence-electron chi connectivity index (χ3n) is 4.70. The van der Waals surface area contributed by atoms with E-state index in [4.69, 9.17) is 14.6 Å². The molecule has 1 N–H and O–H groups in total. The lowest BCUT2D eigenvalue weighted by atomic mass is 10.1. The normalized spacial score (nSPS) is 19.6. The van der Waals surface area contributed by atoms with Crippen molar-refractivity contribution in [2.24, 2.45) is 0 Å². The zero-order chi connectivity index (χ0) is 18.1. The molecule has 25 heavy (non-hydrogen) atoms. The highest BCUT2D eigenvalue weighted by Crippen LogP contribution is 2.33. The Morgan fingerprint density at radius 2 is 2.00 bits per heavy atom. The Bertz CT molecular complexity index is 719. The number of ether oxygens (including phenoxy) is 2. The highest BCUT2D eigenvalue weighted by Gasteiger charge is 2.38. The highest BCUT2D eigenvalue weighted by atomic mass is 16.7. The van der Waals surface area contributed by atoms with E-state index in [0.29, 0.717) is 36.4 Å². The molecule has 134 valence electrons. The number of carbonyl (C=O) groups excluding carboxylic acids is 2. The van der Waals surface area contributed by atoms with Crippen LogP contribution in [0.2, 0.25) is 0 Å². The van der Waals surface area contributed by atoms with Crippen LogP contribution in [0.5, 0.6) is 11.5 Å². The van der Waals surface area contributed by atoms with Gasteiger partial charge in [0.2, 0.25) is 12.7 Å². The number of carboxylic acid groups (broad SMARTS) is 1. The summed E-state index contributed by atoms with van der Waals surface area (Å²) in [5, 5.41) is 9.09. The number of nitrogens with zero attached hydrogens (tertiary/aromatic N) is 2. The zero-order valence-electron chi connectivity index (χ0n) is 14.1. The van der Waals surface area contributed by atoms with Crippen molar-refractivity contribution in [3.63, 3.8) is 0 Å². The number of aliphatic carboxylic acids is 1. The maximum atomic E-state index is 12.8. The molecule has 1 aromatic rings. The van der Waals surface area contributed by atoms with Gasteiger partial charge in [-0.25, -0.2) is 4.79 Å². The number of rotatable bonds is 4. The summed E-state index contributed by atoms with van der Waals surface area (Å²) >= 11 is 0. The van der Waals surface area contributed by atoms with Gasteiger partial charge in [0, 0.05) is 19.2 Å². The maximum absolute atomic E-state index is 12.8. The van der Waals surface area contributed by atoms with Crippen LogP contribution in [-0.4, -0.2) is 65.2 Å². The number of fused-ring (bicyclic) bond motifs is 1. The van der Waals surface area contributed by atoms with E-state index < -0.39 is 18.1 Å². The summed E-state index contributed by atoms with van der Waals surface area (Å²) < 4.78 is 10.5. The fourth-order valence-corrected chi connectivity index (χ4v) is 3.05. The standard InChI is InChI=1S/C17H20N2O6/c1-10(17(22)23)18(2)16(21)12-4-3-7-19(12)15(20)11-5-6-13-14(8-11)25-9-24-13/h5-6,8,10,12H,3-4,7,9H2,1-2H3,(H,22,23). The maximum Gasteiger partial charge on any atom is 0.326 e. The van der Waals surface area contributed by atoms with Gasteiger partial charge in [0.1, 0.15) is 12.1 Å². The fourth-order valence-electron chi connectivity index (χ4n) is 3.05.